The molecule has 1 N–H and O–H groups in total. The van der Waals surface area contributed by atoms with Crippen LogP contribution in [0.3, 0.4) is 0 Å². The van der Waals surface area contributed by atoms with Crippen molar-refractivity contribution in [1.29, 1.82) is 0 Å². The van der Waals surface area contributed by atoms with Crippen molar-refractivity contribution in [2.45, 2.75) is 39.2 Å². The van der Waals surface area contributed by atoms with Crippen molar-refractivity contribution in [2.24, 2.45) is 5.92 Å². The predicted molar refractivity (Wildman–Crippen MR) is 72.3 cm³/mol. The Kier molecular flexibility index (Phi) is 4.06. The van der Waals surface area contributed by atoms with Gasteiger partial charge in [0.15, 0.2) is 0 Å². The monoisotopic (exact) mass is 233 g/mol. The molecule has 94 valence electrons. The molecule has 2 heteroatoms. The van der Waals surface area contributed by atoms with Gasteiger partial charge >= 0.3 is 0 Å². The SMILES string of the molecule is CCC1CCCN(c2ccccc2[C@H](C)O)C1. The molecule has 2 atom stereocenters. The fourth-order valence-corrected chi connectivity index (χ4v) is 2.75. The third kappa shape index (κ3) is 2.81. The number of aliphatic hydroxyl groups excluding tert-OH is 1. The van der Waals surface area contributed by atoms with E-state index >= 15 is 0 Å². The Bertz CT molecular complexity index is 362. The molecule has 0 aromatic heterocycles. The van der Waals surface area contributed by atoms with Crippen LogP contribution in [-0.4, -0.2) is 18.2 Å². The highest BCUT2D eigenvalue weighted by Crippen LogP contribution is 2.30. The summed E-state index contributed by atoms with van der Waals surface area (Å²) in [4.78, 5) is 2.44. The van der Waals surface area contributed by atoms with Gasteiger partial charge in [-0.1, -0.05) is 31.5 Å². The van der Waals surface area contributed by atoms with Crippen molar-refractivity contribution in [2.75, 3.05) is 18.0 Å². The van der Waals surface area contributed by atoms with Crippen molar-refractivity contribution >= 4 is 5.69 Å². The van der Waals surface area contributed by atoms with E-state index in [1.807, 2.05) is 19.1 Å². The molecule has 1 aromatic carbocycles. The highest BCUT2D eigenvalue weighted by Gasteiger charge is 2.21. The first-order valence-electron chi connectivity index (χ1n) is 6.74. The number of para-hydroxylation sites is 1. The van der Waals surface area contributed by atoms with Crippen molar-refractivity contribution < 1.29 is 5.11 Å². The molecule has 2 nitrogen and oxygen atoms in total. The molecule has 0 saturated carbocycles. The van der Waals surface area contributed by atoms with Crippen molar-refractivity contribution in [3.63, 3.8) is 0 Å². The Labute approximate surface area is 104 Å². The second-order valence-electron chi connectivity index (χ2n) is 5.10. The number of nitrogens with zero attached hydrogens (tertiary/aromatic N) is 1. The van der Waals surface area contributed by atoms with Gasteiger partial charge in [0.1, 0.15) is 0 Å². The lowest BCUT2D eigenvalue weighted by molar-refractivity contribution is 0.199. The van der Waals surface area contributed by atoms with Crippen LogP contribution in [0.2, 0.25) is 0 Å². The molecule has 1 aromatic rings. The van der Waals surface area contributed by atoms with Gasteiger partial charge in [-0.25, -0.2) is 0 Å². The quantitative estimate of drug-likeness (QED) is 0.865. The summed E-state index contributed by atoms with van der Waals surface area (Å²) in [7, 11) is 0. The van der Waals surface area contributed by atoms with Gasteiger partial charge in [0, 0.05) is 24.3 Å². The zero-order valence-electron chi connectivity index (χ0n) is 10.9. The Morgan fingerprint density at radius 2 is 2.18 bits per heavy atom. The predicted octanol–water partition coefficient (Wildman–Crippen LogP) is 3.37. The number of hydrogen-bond acceptors (Lipinski definition) is 2. The molecule has 1 aliphatic rings. The molecular formula is C15H23NO. The fourth-order valence-electron chi connectivity index (χ4n) is 2.75. The molecule has 1 saturated heterocycles. The first-order chi connectivity index (χ1) is 8.22. The van der Waals surface area contributed by atoms with Crippen molar-refractivity contribution in [3.8, 4) is 0 Å². The number of rotatable bonds is 3. The van der Waals surface area contributed by atoms with Gasteiger partial charge < -0.3 is 10.0 Å². The number of benzene rings is 1. The van der Waals surface area contributed by atoms with E-state index in [1.54, 1.807) is 0 Å². The smallest absolute Gasteiger partial charge is 0.0781 e. The largest absolute Gasteiger partial charge is 0.389 e. The molecule has 0 amide bonds. The fraction of sp³-hybridized carbons (Fsp3) is 0.600. The van der Waals surface area contributed by atoms with Crippen LogP contribution in [0.4, 0.5) is 5.69 Å². The van der Waals surface area contributed by atoms with E-state index in [2.05, 4.69) is 24.0 Å². The van der Waals surface area contributed by atoms with E-state index in [4.69, 9.17) is 0 Å². The lowest BCUT2D eigenvalue weighted by Crippen LogP contribution is -2.35. The van der Waals surface area contributed by atoms with Crippen LogP contribution in [-0.2, 0) is 0 Å². The minimum Gasteiger partial charge on any atom is -0.389 e. The summed E-state index contributed by atoms with van der Waals surface area (Å²) >= 11 is 0. The molecule has 1 fully saturated rings. The van der Waals surface area contributed by atoms with E-state index in [0.717, 1.165) is 24.6 Å². The van der Waals surface area contributed by atoms with Crippen LogP contribution in [0.5, 0.6) is 0 Å². The van der Waals surface area contributed by atoms with Crippen LogP contribution in [0.15, 0.2) is 24.3 Å². The van der Waals surface area contributed by atoms with Gasteiger partial charge in [0.05, 0.1) is 6.10 Å². The first kappa shape index (κ1) is 12.4. The Morgan fingerprint density at radius 1 is 1.41 bits per heavy atom. The van der Waals surface area contributed by atoms with Gasteiger partial charge in [0.25, 0.3) is 0 Å². The Hall–Kier alpha value is -1.02. The molecule has 1 aliphatic heterocycles. The maximum atomic E-state index is 9.83. The molecule has 17 heavy (non-hydrogen) atoms. The van der Waals surface area contributed by atoms with E-state index in [-0.39, 0.29) is 6.10 Å². The minimum atomic E-state index is -0.381. The average Bonchev–Trinajstić information content (AvgIpc) is 2.39. The van der Waals surface area contributed by atoms with E-state index < -0.39 is 0 Å². The summed E-state index contributed by atoms with van der Waals surface area (Å²) in [6.45, 7) is 6.38. The Balaban J connectivity index is 2.21. The summed E-state index contributed by atoms with van der Waals surface area (Å²) in [5.74, 6) is 0.811. The van der Waals surface area contributed by atoms with Crippen LogP contribution in [0.1, 0.15) is 44.8 Å². The molecular weight excluding hydrogens is 210 g/mol. The standard InChI is InChI=1S/C15H23NO/c1-3-13-7-6-10-16(11-13)15-9-5-4-8-14(15)12(2)17/h4-5,8-9,12-13,17H,3,6-7,10-11H2,1-2H3/t12-,13?/m0/s1. The van der Waals surface area contributed by atoms with Gasteiger partial charge in [-0.05, 0) is 31.7 Å². The lowest BCUT2D eigenvalue weighted by Gasteiger charge is -2.35. The van der Waals surface area contributed by atoms with Crippen LogP contribution < -0.4 is 4.90 Å². The molecule has 1 heterocycles. The normalized spacial score (nSPS) is 22.5. The summed E-state index contributed by atoms with van der Waals surface area (Å²) < 4.78 is 0. The maximum Gasteiger partial charge on any atom is 0.0781 e. The summed E-state index contributed by atoms with van der Waals surface area (Å²) in [6, 6.07) is 8.25. The van der Waals surface area contributed by atoms with E-state index in [0.29, 0.717) is 0 Å². The molecule has 0 radical (unpaired) electrons. The average molecular weight is 233 g/mol. The molecule has 2 rings (SSSR count). The summed E-state index contributed by atoms with van der Waals surface area (Å²) in [5, 5.41) is 9.83. The van der Waals surface area contributed by atoms with E-state index in [1.165, 1.54) is 24.9 Å². The highest BCUT2D eigenvalue weighted by atomic mass is 16.3. The highest BCUT2D eigenvalue weighted by molar-refractivity contribution is 5.54. The third-order valence-electron chi connectivity index (χ3n) is 3.82. The molecule has 0 aliphatic carbocycles. The van der Waals surface area contributed by atoms with Gasteiger partial charge in [-0.3, -0.25) is 0 Å². The first-order valence-corrected chi connectivity index (χ1v) is 6.74. The molecule has 0 bridgehead atoms. The van der Waals surface area contributed by atoms with Crippen LogP contribution in [0.25, 0.3) is 0 Å². The topological polar surface area (TPSA) is 23.5 Å². The van der Waals surface area contributed by atoms with Crippen molar-refractivity contribution in [1.82, 2.24) is 0 Å². The zero-order valence-corrected chi connectivity index (χ0v) is 10.9. The number of piperidine rings is 1. The van der Waals surface area contributed by atoms with Gasteiger partial charge in [-0.15, -0.1) is 0 Å². The Morgan fingerprint density at radius 3 is 2.88 bits per heavy atom. The number of aliphatic hydroxyl groups is 1. The summed E-state index contributed by atoms with van der Waals surface area (Å²) in [5.41, 5.74) is 2.28. The summed E-state index contributed by atoms with van der Waals surface area (Å²) in [6.07, 6.45) is 3.50. The number of anilines is 1. The molecule has 1 unspecified atom stereocenters. The lowest BCUT2D eigenvalue weighted by atomic mass is 9.94. The van der Waals surface area contributed by atoms with Gasteiger partial charge in [0.2, 0.25) is 0 Å². The zero-order chi connectivity index (χ0) is 12.3. The second-order valence-corrected chi connectivity index (χ2v) is 5.10. The molecule has 0 spiro atoms. The number of hydrogen-bond donors (Lipinski definition) is 1. The second kappa shape index (κ2) is 5.54. The van der Waals surface area contributed by atoms with Crippen molar-refractivity contribution in [3.05, 3.63) is 29.8 Å². The van der Waals surface area contributed by atoms with Crippen LogP contribution in [0, 0.1) is 5.92 Å². The third-order valence-corrected chi connectivity index (χ3v) is 3.82. The van der Waals surface area contributed by atoms with E-state index in [9.17, 15) is 5.11 Å². The van der Waals surface area contributed by atoms with Gasteiger partial charge in [-0.2, -0.15) is 0 Å². The minimum absolute atomic E-state index is 0.381. The maximum absolute atomic E-state index is 9.83. The van der Waals surface area contributed by atoms with Crippen LogP contribution >= 0.6 is 0 Å².